The predicted molar refractivity (Wildman–Crippen MR) is 73.2 cm³/mol. The molecule has 104 valence electrons. The van der Waals surface area contributed by atoms with Crippen LogP contribution in [0, 0.1) is 5.82 Å². The Bertz CT molecular complexity index is 572. The van der Waals surface area contributed by atoms with Crippen molar-refractivity contribution in [2.45, 2.75) is 0 Å². The zero-order valence-electron chi connectivity index (χ0n) is 11.0. The van der Waals surface area contributed by atoms with E-state index in [1.165, 1.54) is 24.7 Å². The van der Waals surface area contributed by atoms with Crippen molar-refractivity contribution in [2.75, 3.05) is 31.1 Å². The molecule has 1 saturated heterocycles. The van der Waals surface area contributed by atoms with Crippen molar-refractivity contribution in [3.8, 4) is 0 Å². The van der Waals surface area contributed by atoms with Crippen LogP contribution in [-0.2, 0) is 0 Å². The fraction of sp³-hybridized carbons (Fsp3) is 0.267. The van der Waals surface area contributed by atoms with Crippen molar-refractivity contribution in [3.63, 3.8) is 0 Å². The number of amides is 1. The second-order valence-corrected chi connectivity index (χ2v) is 4.77. The Morgan fingerprint density at radius 3 is 2.35 bits per heavy atom. The third kappa shape index (κ3) is 2.52. The Hall–Kier alpha value is -2.30. The quantitative estimate of drug-likeness (QED) is 0.843. The number of hydrogen-bond donors (Lipinski definition) is 0. The summed E-state index contributed by atoms with van der Waals surface area (Å²) in [6.45, 7) is 2.80. The van der Waals surface area contributed by atoms with Crippen LogP contribution >= 0.6 is 0 Å². The van der Waals surface area contributed by atoms with E-state index in [-0.39, 0.29) is 11.7 Å². The van der Waals surface area contributed by atoms with Gasteiger partial charge in [-0.25, -0.2) is 4.39 Å². The summed E-state index contributed by atoms with van der Waals surface area (Å²) in [5, 5.41) is 0. The highest BCUT2D eigenvalue weighted by atomic mass is 19.1. The van der Waals surface area contributed by atoms with Crippen LogP contribution in [0.4, 0.5) is 10.1 Å². The van der Waals surface area contributed by atoms with E-state index in [2.05, 4.69) is 4.90 Å². The van der Waals surface area contributed by atoms with E-state index in [4.69, 9.17) is 4.42 Å². The van der Waals surface area contributed by atoms with Gasteiger partial charge in [0.05, 0.1) is 11.8 Å². The van der Waals surface area contributed by atoms with Gasteiger partial charge in [0.1, 0.15) is 12.1 Å². The molecule has 0 unspecified atom stereocenters. The fourth-order valence-electron chi connectivity index (χ4n) is 2.39. The number of rotatable bonds is 2. The van der Waals surface area contributed by atoms with Gasteiger partial charge >= 0.3 is 0 Å². The van der Waals surface area contributed by atoms with Gasteiger partial charge in [0, 0.05) is 31.9 Å². The summed E-state index contributed by atoms with van der Waals surface area (Å²) in [5.74, 6) is -0.236. The van der Waals surface area contributed by atoms with Crippen LogP contribution in [0.3, 0.4) is 0 Å². The van der Waals surface area contributed by atoms with Gasteiger partial charge in [0.25, 0.3) is 5.91 Å². The molecule has 3 rings (SSSR count). The molecular formula is C15H15FN2O2. The Morgan fingerprint density at radius 1 is 1.05 bits per heavy atom. The van der Waals surface area contributed by atoms with Gasteiger partial charge in [-0.15, -0.1) is 0 Å². The lowest BCUT2D eigenvalue weighted by Crippen LogP contribution is -2.48. The highest BCUT2D eigenvalue weighted by molar-refractivity contribution is 5.94. The topological polar surface area (TPSA) is 36.7 Å². The minimum Gasteiger partial charge on any atom is -0.472 e. The molecule has 1 aliphatic rings. The van der Waals surface area contributed by atoms with E-state index < -0.39 is 0 Å². The summed E-state index contributed by atoms with van der Waals surface area (Å²) in [5.41, 5.74) is 1.57. The molecule has 0 saturated carbocycles. The van der Waals surface area contributed by atoms with Crippen LogP contribution in [0.1, 0.15) is 10.4 Å². The normalized spacial score (nSPS) is 15.4. The second kappa shape index (κ2) is 5.36. The molecule has 1 aromatic heterocycles. The largest absolute Gasteiger partial charge is 0.472 e. The zero-order valence-corrected chi connectivity index (χ0v) is 11.0. The molecule has 0 spiro atoms. The number of carbonyl (C=O) groups excluding carboxylic acids is 1. The molecule has 0 radical (unpaired) electrons. The SMILES string of the molecule is O=C(c1ccoc1)N1CCN(c2ccc(F)cc2)CC1. The molecule has 4 nitrogen and oxygen atoms in total. The first-order valence-corrected chi connectivity index (χ1v) is 6.56. The lowest BCUT2D eigenvalue weighted by Gasteiger charge is -2.36. The summed E-state index contributed by atoms with van der Waals surface area (Å²) >= 11 is 0. The van der Waals surface area contributed by atoms with Gasteiger partial charge in [0.15, 0.2) is 0 Å². The first-order chi connectivity index (χ1) is 9.74. The minimum absolute atomic E-state index is 0.00231. The molecule has 0 aliphatic carbocycles. The van der Waals surface area contributed by atoms with Crippen LogP contribution in [0.5, 0.6) is 0 Å². The van der Waals surface area contributed by atoms with E-state index in [9.17, 15) is 9.18 Å². The number of benzene rings is 1. The number of piperazine rings is 1. The lowest BCUT2D eigenvalue weighted by molar-refractivity contribution is 0.0746. The number of carbonyl (C=O) groups is 1. The Labute approximate surface area is 116 Å². The Kier molecular flexibility index (Phi) is 3.41. The molecule has 1 aliphatic heterocycles. The highest BCUT2D eigenvalue weighted by Gasteiger charge is 2.22. The molecule has 20 heavy (non-hydrogen) atoms. The van der Waals surface area contributed by atoms with Gasteiger partial charge in [-0.2, -0.15) is 0 Å². The van der Waals surface area contributed by atoms with Crippen molar-refractivity contribution in [2.24, 2.45) is 0 Å². The van der Waals surface area contributed by atoms with Crippen molar-refractivity contribution in [3.05, 3.63) is 54.2 Å². The zero-order chi connectivity index (χ0) is 13.9. The van der Waals surface area contributed by atoms with Gasteiger partial charge < -0.3 is 14.2 Å². The maximum atomic E-state index is 12.9. The van der Waals surface area contributed by atoms with E-state index in [1.807, 2.05) is 4.90 Å². The third-order valence-electron chi connectivity index (χ3n) is 3.53. The lowest BCUT2D eigenvalue weighted by atomic mass is 10.2. The predicted octanol–water partition coefficient (Wildman–Crippen LogP) is 2.38. The summed E-state index contributed by atoms with van der Waals surface area (Å²) < 4.78 is 17.8. The van der Waals surface area contributed by atoms with Crippen LogP contribution in [0.2, 0.25) is 0 Å². The molecule has 1 amide bonds. The van der Waals surface area contributed by atoms with Crippen molar-refractivity contribution >= 4 is 11.6 Å². The van der Waals surface area contributed by atoms with Crippen LogP contribution in [0.15, 0.2) is 47.3 Å². The minimum atomic E-state index is -0.234. The number of furan rings is 1. The van der Waals surface area contributed by atoms with Crippen LogP contribution in [-0.4, -0.2) is 37.0 Å². The average molecular weight is 274 g/mol. The van der Waals surface area contributed by atoms with Gasteiger partial charge in [-0.05, 0) is 30.3 Å². The molecule has 1 aromatic carbocycles. The second-order valence-electron chi connectivity index (χ2n) is 4.77. The molecular weight excluding hydrogens is 259 g/mol. The van der Waals surface area contributed by atoms with Crippen LogP contribution < -0.4 is 4.90 Å². The fourth-order valence-corrected chi connectivity index (χ4v) is 2.39. The molecule has 2 aromatic rings. The standard InChI is InChI=1S/C15H15FN2O2/c16-13-1-3-14(4-2-13)17-6-8-18(9-7-17)15(19)12-5-10-20-11-12/h1-5,10-11H,6-9H2. The van der Waals surface area contributed by atoms with E-state index >= 15 is 0 Å². The third-order valence-corrected chi connectivity index (χ3v) is 3.53. The van der Waals surface area contributed by atoms with Gasteiger partial charge in [0.2, 0.25) is 0 Å². The van der Waals surface area contributed by atoms with Crippen molar-refractivity contribution in [1.29, 1.82) is 0 Å². The number of nitrogens with zero attached hydrogens (tertiary/aromatic N) is 2. The molecule has 0 atom stereocenters. The van der Waals surface area contributed by atoms with E-state index in [0.717, 1.165) is 18.8 Å². The van der Waals surface area contributed by atoms with Crippen molar-refractivity contribution < 1.29 is 13.6 Å². The Balaban J connectivity index is 1.62. The molecule has 1 fully saturated rings. The monoisotopic (exact) mass is 274 g/mol. The smallest absolute Gasteiger partial charge is 0.257 e. The van der Waals surface area contributed by atoms with E-state index in [1.54, 1.807) is 18.2 Å². The summed E-state index contributed by atoms with van der Waals surface area (Å²) in [6, 6.07) is 8.12. The molecule has 0 bridgehead atoms. The van der Waals surface area contributed by atoms with Crippen molar-refractivity contribution in [1.82, 2.24) is 4.90 Å². The first kappa shape index (κ1) is 12.7. The number of halogens is 1. The summed E-state index contributed by atoms with van der Waals surface area (Å²) in [4.78, 5) is 16.1. The molecule has 0 N–H and O–H groups in total. The summed E-state index contributed by atoms with van der Waals surface area (Å²) in [6.07, 6.45) is 2.97. The summed E-state index contributed by atoms with van der Waals surface area (Å²) in [7, 11) is 0. The number of anilines is 1. The van der Waals surface area contributed by atoms with Crippen LogP contribution in [0.25, 0.3) is 0 Å². The Morgan fingerprint density at radius 2 is 1.75 bits per heavy atom. The number of hydrogen-bond acceptors (Lipinski definition) is 3. The highest BCUT2D eigenvalue weighted by Crippen LogP contribution is 2.18. The average Bonchev–Trinajstić information content (AvgIpc) is 3.02. The van der Waals surface area contributed by atoms with Gasteiger partial charge in [-0.1, -0.05) is 0 Å². The van der Waals surface area contributed by atoms with Gasteiger partial charge in [-0.3, -0.25) is 4.79 Å². The maximum Gasteiger partial charge on any atom is 0.257 e. The maximum absolute atomic E-state index is 12.9. The van der Waals surface area contributed by atoms with E-state index in [0.29, 0.717) is 18.7 Å². The molecule has 2 heterocycles. The molecule has 5 heteroatoms. The first-order valence-electron chi connectivity index (χ1n) is 6.56.